The monoisotopic (exact) mass is 274 g/mol. The summed E-state index contributed by atoms with van der Waals surface area (Å²) in [6.07, 6.45) is 6.34. The van der Waals surface area contributed by atoms with E-state index in [0.29, 0.717) is 23.7 Å². The van der Waals surface area contributed by atoms with Crippen LogP contribution in [-0.2, 0) is 4.79 Å². The molecule has 0 unspecified atom stereocenters. The number of aliphatic carboxylic acids is 1. The van der Waals surface area contributed by atoms with Crippen LogP contribution >= 0.6 is 0 Å². The van der Waals surface area contributed by atoms with Gasteiger partial charge < -0.3 is 10.0 Å². The Balaban J connectivity index is 2.21. The number of aromatic nitrogens is 1. The highest BCUT2D eigenvalue weighted by Gasteiger charge is 2.27. The molecule has 1 fully saturated rings. The molecule has 1 aliphatic rings. The average Bonchev–Trinajstić information content (AvgIpc) is 3.26. The van der Waals surface area contributed by atoms with Crippen molar-refractivity contribution in [2.75, 3.05) is 13.1 Å². The third-order valence-corrected chi connectivity index (χ3v) is 3.29. The van der Waals surface area contributed by atoms with Crippen molar-refractivity contribution in [2.45, 2.75) is 19.8 Å². The second-order valence-electron chi connectivity index (χ2n) is 4.90. The van der Waals surface area contributed by atoms with Crippen molar-refractivity contribution < 1.29 is 14.7 Å². The minimum Gasteiger partial charge on any atom is -0.478 e. The Bertz CT molecular complexity index is 536. The molecule has 1 heterocycles. The molecule has 1 aromatic rings. The lowest BCUT2D eigenvalue weighted by atomic mass is 10.1. The molecule has 5 nitrogen and oxygen atoms in total. The third-order valence-electron chi connectivity index (χ3n) is 3.29. The lowest BCUT2D eigenvalue weighted by Crippen LogP contribution is -2.33. The molecule has 1 saturated carbocycles. The molecule has 20 heavy (non-hydrogen) atoms. The molecule has 1 N–H and O–H groups in total. The van der Waals surface area contributed by atoms with Crippen LogP contribution in [0.15, 0.2) is 24.4 Å². The molecule has 2 rings (SSSR count). The van der Waals surface area contributed by atoms with E-state index < -0.39 is 5.97 Å². The molecule has 0 radical (unpaired) electrons. The average molecular weight is 274 g/mol. The summed E-state index contributed by atoms with van der Waals surface area (Å²) < 4.78 is 0. The summed E-state index contributed by atoms with van der Waals surface area (Å²) in [5.41, 5.74) is 0.849. The van der Waals surface area contributed by atoms with Gasteiger partial charge in [0.1, 0.15) is 5.69 Å². The zero-order chi connectivity index (χ0) is 14.5. The van der Waals surface area contributed by atoms with Crippen LogP contribution in [0.3, 0.4) is 0 Å². The topological polar surface area (TPSA) is 70.5 Å². The maximum Gasteiger partial charge on any atom is 0.328 e. The first-order valence-corrected chi connectivity index (χ1v) is 6.77. The van der Waals surface area contributed by atoms with Gasteiger partial charge in [0.2, 0.25) is 0 Å². The number of nitrogens with zero attached hydrogens (tertiary/aromatic N) is 2. The highest BCUT2D eigenvalue weighted by Crippen LogP contribution is 2.30. The molecule has 0 aliphatic heterocycles. The van der Waals surface area contributed by atoms with E-state index in [1.54, 1.807) is 23.2 Å². The summed E-state index contributed by atoms with van der Waals surface area (Å²) in [6.45, 7) is 3.33. The summed E-state index contributed by atoms with van der Waals surface area (Å²) in [5.74, 6) is -0.566. The fraction of sp³-hybridized carbons (Fsp3) is 0.400. The summed E-state index contributed by atoms with van der Waals surface area (Å²) in [4.78, 5) is 29.0. The Morgan fingerprint density at radius 1 is 1.50 bits per heavy atom. The van der Waals surface area contributed by atoms with E-state index in [9.17, 15) is 9.59 Å². The van der Waals surface area contributed by atoms with Gasteiger partial charge in [0.25, 0.3) is 5.91 Å². The van der Waals surface area contributed by atoms with Crippen LogP contribution in [0.4, 0.5) is 0 Å². The maximum atomic E-state index is 12.5. The minimum absolute atomic E-state index is 0.134. The number of hydrogen-bond donors (Lipinski definition) is 1. The minimum atomic E-state index is -1.04. The van der Waals surface area contributed by atoms with Crippen LogP contribution in [0.2, 0.25) is 0 Å². The number of carboxylic acids is 1. The third kappa shape index (κ3) is 3.66. The number of rotatable bonds is 6. The van der Waals surface area contributed by atoms with Gasteiger partial charge in [-0.1, -0.05) is 6.07 Å². The quantitative estimate of drug-likeness (QED) is 0.806. The predicted octanol–water partition coefficient (Wildman–Crippen LogP) is 2.05. The second-order valence-corrected chi connectivity index (χ2v) is 4.90. The summed E-state index contributed by atoms with van der Waals surface area (Å²) in [7, 11) is 0. The molecular formula is C15H18N2O3. The van der Waals surface area contributed by atoms with Gasteiger partial charge in [-0.25, -0.2) is 4.79 Å². The van der Waals surface area contributed by atoms with Crippen molar-refractivity contribution in [2.24, 2.45) is 5.92 Å². The van der Waals surface area contributed by atoms with Crippen LogP contribution in [-0.4, -0.2) is 40.0 Å². The Morgan fingerprint density at radius 2 is 2.25 bits per heavy atom. The number of amides is 1. The van der Waals surface area contributed by atoms with Gasteiger partial charge in [-0.3, -0.25) is 9.78 Å². The summed E-state index contributed by atoms with van der Waals surface area (Å²) >= 11 is 0. The summed E-state index contributed by atoms with van der Waals surface area (Å²) in [6, 6.07) is 3.39. The SMILES string of the molecule is CCN(CC1CC1)C(=O)c1ncccc1/C=C/C(=O)O. The van der Waals surface area contributed by atoms with Crippen LogP contribution < -0.4 is 0 Å². The first-order valence-electron chi connectivity index (χ1n) is 6.77. The van der Waals surface area contributed by atoms with Crippen molar-refractivity contribution in [1.82, 2.24) is 9.88 Å². The lowest BCUT2D eigenvalue weighted by Gasteiger charge is -2.21. The first kappa shape index (κ1) is 14.2. The van der Waals surface area contributed by atoms with E-state index in [1.807, 2.05) is 6.92 Å². The zero-order valence-electron chi connectivity index (χ0n) is 11.5. The normalized spacial score (nSPS) is 14.4. The van der Waals surface area contributed by atoms with Gasteiger partial charge in [0.15, 0.2) is 0 Å². The van der Waals surface area contributed by atoms with E-state index in [0.717, 1.165) is 12.6 Å². The molecule has 106 valence electrons. The molecule has 0 spiro atoms. The van der Waals surface area contributed by atoms with Gasteiger partial charge in [-0.2, -0.15) is 0 Å². The van der Waals surface area contributed by atoms with Crippen LogP contribution in [0.5, 0.6) is 0 Å². The highest BCUT2D eigenvalue weighted by atomic mass is 16.4. The van der Waals surface area contributed by atoms with E-state index >= 15 is 0 Å². The number of hydrogen-bond acceptors (Lipinski definition) is 3. The van der Waals surface area contributed by atoms with Crippen LogP contribution in [0, 0.1) is 5.92 Å². The van der Waals surface area contributed by atoms with Gasteiger partial charge in [-0.15, -0.1) is 0 Å². The van der Waals surface area contributed by atoms with E-state index in [4.69, 9.17) is 5.11 Å². The number of carbonyl (C=O) groups is 2. The standard InChI is InChI=1S/C15H18N2O3/c1-2-17(10-11-5-6-11)15(20)14-12(4-3-9-16-14)7-8-13(18)19/h3-4,7-9,11H,2,5-6,10H2,1H3,(H,18,19)/b8-7+. The van der Waals surface area contributed by atoms with Crippen LogP contribution in [0.1, 0.15) is 35.8 Å². The molecule has 5 heteroatoms. The van der Waals surface area contributed by atoms with Gasteiger partial charge >= 0.3 is 5.97 Å². The van der Waals surface area contributed by atoms with Gasteiger partial charge in [-0.05, 0) is 37.8 Å². The molecule has 1 aliphatic carbocycles. The largest absolute Gasteiger partial charge is 0.478 e. The van der Waals surface area contributed by atoms with Crippen molar-refractivity contribution in [3.8, 4) is 0 Å². The smallest absolute Gasteiger partial charge is 0.328 e. The van der Waals surface area contributed by atoms with E-state index in [1.165, 1.54) is 18.9 Å². The zero-order valence-corrected chi connectivity index (χ0v) is 11.5. The summed E-state index contributed by atoms with van der Waals surface area (Å²) in [5, 5.41) is 8.68. The molecule has 0 bridgehead atoms. The van der Waals surface area contributed by atoms with Crippen molar-refractivity contribution in [3.63, 3.8) is 0 Å². The maximum absolute atomic E-state index is 12.5. The Hall–Kier alpha value is -2.17. The number of pyridine rings is 1. The molecule has 1 aromatic heterocycles. The lowest BCUT2D eigenvalue weighted by molar-refractivity contribution is -0.131. The highest BCUT2D eigenvalue weighted by molar-refractivity contribution is 5.97. The Kier molecular flexibility index (Phi) is 4.50. The second kappa shape index (κ2) is 6.32. The Morgan fingerprint density at radius 3 is 2.85 bits per heavy atom. The fourth-order valence-corrected chi connectivity index (χ4v) is 2.01. The first-order chi connectivity index (χ1) is 9.61. The number of carbonyl (C=O) groups excluding carboxylic acids is 1. The molecule has 0 aromatic carbocycles. The van der Waals surface area contributed by atoms with Crippen LogP contribution in [0.25, 0.3) is 6.08 Å². The van der Waals surface area contributed by atoms with Crippen molar-refractivity contribution >= 4 is 18.0 Å². The van der Waals surface area contributed by atoms with Crippen molar-refractivity contribution in [3.05, 3.63) is 35.7 Å². The van der Waals surface area contributed by atoms with Gasteiger partial charge in [0, 0.05) is 30.9 Å². The predicted molar refractivity (Wildman–Crippen MR) is 75.2 cm³/mol. The fourth-order valence-electron chi connectivity index (χ4n) is 2.01. The Labute approximate surface area is 117 Å². The van der Waals surface area contributed by atoms with Crippen molar-refractivity contribution in [1.29, 1.82) is 0 Å². The number of carboxylic acid groups (broad SMARTS) is 1. The molecule has 1 amide bonds. The van der Waals surface area contributed by atoms with E-state index in [2.05, 4.69) is 4.98 Å². The molecule has 0 saturated heterocycles. The molecular weight excluding hydrogens is 256 g/mol. The van der Waals surface area contributed by atoms with E-state index in [-0.39, 0.29) is 5.91 Å². The molecule has 0 atom stereocenters. The van der Waals surface area contributed by atoms with Gasteiger partial charge in [0.05, 0.1) is 0 Å².